The van der Waals surface area contributed by atoms with Gasteiger partial charge in [0.25, 0.3) is 0 Å². The Morgan fingerprint density at radius 1 is 1.11 bits per heavy atom. The molecule has 19 heavy (non-hydrogen) atoms. The van der Waals surface area contributed by atoms with Gasteiger partial charge in [-0.05, 0) is 35.2 Å². The van der Waals surface area contributed by atoms with Crippen LogP contribution < -0.4 is 0 Å². The quantitative estimate of drug-likeness (QED) is 0.587. The van der Waals surface area contributed by atoms with Gasteiger partial charge in [-0.15, -0.1) is 0 Å². The molecule has 98 valence electrons. The first-order chi connectivity index (χ1) is 9.28. The highest BCUT2D eigenvalue weighted by Crippen LogP contribution is 2.06. The second kappa shape index (κ2) is 6.69. The van der Waals surface area contributed by atoms with Crippen molar-refractivity contribution >= 4 is 6.21 Å². The Morgan fingerprint density at radius 2 is 1.84 bits per heavy atom. The first-order valence-electron chi connectivity index (χ1n) is 6.26. The summed E-state index contributed by atoms with van der Waals surface area (Å²) in [5, 5.41) is 3.83. The van der Waals surface area contributed by atoms with Crippen LogP contribution in [0.25, 0.3) is 0 Å². The van der Waals surface area contributed by atoms with Gasteiger partial charge in [0, 0.05) is 0 Å². The van der Waals surface area contributed by atoms with Crippen LogP contribution in [0.4, 0.5) is 4.39 Å². The molecule has 0 spiro atoms. The molecule has 0 N–H and O–H groups in total. The summed E-state index contributed by atoms with van der Waals surface area (Å²) >= 11 is 0. The van der Waals surface area contributed by atoms with Crippen molar-refractivity contribution < 1.29 is 9.23 Å². The molecule has 0 radical (unpaired) electrons. The van der Waals surface area contributed by atoms with E-state index in [1.54, 1.807) is 12.1 Å². The van der Waals surface area contributed by atoms with Gasteiger partial charge >= 0.3 is 0 Å². The number of hydrogen-bond acceptors (Lipinski definition) is 2. The van der Waals surface area contributed by atoms with Crippen LogP contribution in [0, 0.1) is 5.82 Å². The summed E-state index contributed by atoms with van der Waals surface area (Å²) in [5.41, 5.74) is 3.04. The Hall–Kier alpha value is -2.16. The second-order valence-electron chi connectivity index (χ2n) is 4.23. The van der Waals surface area contributed by atoms with Crippen molar-refractivity contribution in [3.8, 4) is 0 Å². The maximum absolute atomic E-state index is 12.9. The van der Waals surface area contributed by atoms with Crippen LogP contribution in [0.2, 0.25) is 0 Å². The van der Waals surface area contributed by atoms with E-state index in [2.05, 4.69) is 24.2 Å². The van der Waals surface area contributed by atoms with Crippen molar-refractivity contribution in [3.05, 3.63) is 71.0 Å². The van der Waals surface area contributed by atoms with Crippen LogP contribution in [-0.2, 0) is 17.9 Å². The van der Waals surface area contributed by atoms with Crippen LogP contribution in [-0.4, -0.2) is 6.21 Å². The normalized spacial score (nSPS) is 10.8. The van der Waals surface area contributed by atoms with E-state index in [0.29, 0.717) is 12.2 Å². The highest BCUT2D eigenvalue weighted by atomic mass is 19.1. The number of nitrogens with zero attached hydrogens (tertiary/aromatic N) is 1. The molecule has 0 aromatic heterocycles. The average Bonchev–Trinajstić information content (AvgIpc) is 2.44. The van der Waals surface area contributed by atoms with Crippen molar-refractivity contribution in [2.75, 3.05) is 0 Å². The predicted octanol–water partition coefficient (Wildman–Crippen LogP) is 3.94. The van der Waals surface area contributed by atoms with Gasteiger partial charge in [-0.3, -0.25) is 0 Å². The van der Waals surface area contributed by atoms with E-state index in [9.17, 15) is 4.39 Å². The average molecular weight is 257 g/mol. The van der Waals surface area contributed by atoms with E-state index in [1.807, 2.05) is 12.1 Å². The summed E-state index contributed by atoms with van der Waals surface area (Å²) in [6.07, 6.45) is 2.53. The van der Waals surface area contributed by atoms with E-state index in [-0.39, 0.29) is 5.82 Å². The lowest BCUT2D eigenvalue weighted by atomic mass is 10.1. The molecule has 0 fully saturated rings. The molecule has 2 aromatic rings. The Labute approximate surface area is 112 Å². The van der Waals surface area contributed by atoms with Gasteiger partial charge in [0.15, 0.2) is 0 Å². The Kier molecular flexibility index (Phi) is 4.67. The lowest BCUT2D eigenvalue weighted by molar-refractivity contribution is 0.132. The van der Waals surface area contributed by atoms with Crippen molar-refractivity contribution in [2.24, 2.45) is 5.16 Å². The number of hydrogen-bond donors (Lipinski definition) is 0. The molecule has 0 heterocycles. The van der Waals surface area contributed by atoms with Crippen molar-refractivity contribution in [2.45, 2.75) is 20.0 Å². The fourth-order valence-corrected chi connectivity index (χ4v) is 1.67. The van der Waals surface area contributed by atoms with E-state index < -0.39 is 0 Å². The third kappa shape index (κ3) is 4.21. The van der Waals surface area contributed by atoms with E-state index >= 15 is 0 Å². The molecule has 0 atom stereocenters. The first kappa shape index (κ1) is 13.3. The van der Waals surface area contributed by atoms with Gasteiger partial charge in [0.05, 0.1) is 6.21 Å². The molecule has 0 amide bonds. The molecule has 2 rings (SSSR count). The SMILES string of the molecule is CCc1ccc(CON=Cc2cccc(F)c2)cc1. The monoisotopic (exact) mass is 257 g/mol. The molecule has 0 bridgehead atoms. The lowest BCUT2D eigenvalue weighted by Gasteiger charge is -2.01. The standard InChI is InChI=1S/C16H16FNO/c1-2-13-6-8-14(9-7-13)12-19-18-11-15-4-3-5-16(17)10-15/h3-11H,2,12H2,1H3. The Balaban J connectivity index is 1.85. The molecule has 2 aromatic carbocycles. The number of benzene rings is 2. The van der Waals surface area contributed by atoms with Crippen molar-refractivity contribution in [3.63, 3.8) is 0 Å². The van der Waals surface area contributed by atoms with Crippen LogP contribution in [0.1, 0.15) is 23.6 Å². The third-order valence-corrected chi connectivity index (χ3v) is 2.79. The summed E-state index contributed by atoms with van der Waals surface area (Å²) < 4.78 is 12.9. The van der Waals surface area contributed by atoms with Gasteiger partial charge in [-0.25, -0.2) is 4.39 Å². The maximum Gasteiger partial charge on any atom is 0.142 e. The third-order valence-electron chi connectivity index (χ3n) is 2.79. The fraction of sp³-hybridized carbons (Fsp3) is 0.188. The molecule has 0 aliphatic carbocycles. The summed E-state index contributed by atoms with van der Waals surface area (Å²) in [6, 6.07) is 14.4. The topological polar surface area (TPSA) is 21.6 Å². The maximum atomic E-state index is 12.9. The molecular formula is C16H16FNO. The Morgan fingerprint density at radius 3 is 2.53 bits per heavy atom. The molecular weight excluding hydrogens is 241 g/mol. The summed E-state index contributed by atoms with van der Waals surface area (Å²) in [6.45, 7) is 2.53. The summed E-state index contributed by atoms with van der Waals surface area (Å²) in [4.78, 5) is 5.18. The van der Waals surface area contributed by atoms with Gasteiger partial charge in [-0.1, -0.05) is 48.5 Å². The zero-order valence-corrected chi connectivity index (χ0v) is 10.8. The highest BCUT2D eigenvalue weighted by Gasteiger charge is 1.94. The number of aryl methyl sites for hydroxylation is 1. The fourth-order valence-electron chi connectivity index (χ4n) is 1.67. The molecule has 3 heteroatoms. The smallest absolute Gasteiger partial charge is 0.142 e. The van der Waals surface area contributed by atoms with Gasteiger partial charge in [0.1, 0.15) is 12.4 Å². The summed E-state index contributed by atoms with van der Waals surface area (Å²) in [7, 11) is 0. The van der Waals surface area contributed by atoms with Gasteiger partial charge in [-0.2, -0.15) is 0 Å². The van der Waals surface area contributed by atoms with Crippen molar-refractivity contribution in [1.29, 1.82) is 0 Å². The minimum Gasteiger partial charge on any atom is -0.391 e. The summed E-state index contributed by atoms with van der Waals surface area (Å²) in [5.74, 6) is -0.279. The molecule has 0 saturated carbocycles. The van der Waals surface area contributed by atoms with E-state index in [4.69, 9.17) is 4.84 Å². The van der Waals surface area contributed by atoms with Crippen LogP contribution in [0.5, 0.6) is 0 Å². The zero-order valence-electron chi connectivity index (χ0n) is 10.8. The molecule has 2 nitrogen and oxygen atoms in total. The van der Waals surface area contributed by atoms with Crippen molar-refractivity contribution in [1.82, 2.24) is 0 Å². The number of rotatable bonds is 5. The largest absolute Gasteiger partial charge is 0.391 e. The number of halogens is 1. The minimum absolute atomic E-state index is 0.279. The van der Waals surface area contributed by atoms with Crippen LogP contribution in [0.15, 0.2) is 53.7 Å². The predicted molar refractivity (Wildman–Crippen MR) is 74.6 cm³/mol. The zero-order chi connectivity index (χ0) is 13.5. The minimum atomic E-state index is -0.279. The van der Waals surface area contributed by atoms with Gasteiger partial charge < -0.3 is 4.84 Å². The highest BCUT2D eigenvalue weighted by molar-refractivity contribution is 5.78. The van der Waals surface area contributed by atoms with Crippen LogP contribution >= 0.6 is 0 Å². The molecule has 0 aliphatic rings. The van der Waals surface area contributed by atoms with Gasteiger partial charge in [0.2, 0.25) is 0 Å². The molecule has 0 aliphatic heterocycles. The van der Waals surface area contributed by atoms with E-state index in [1.165, 1.54) is 23.9 Å². The first-order valence-corrected chi connectivity index (χ1v) is 6.26. The molecule has 0 saturated heterocycles. The number of oxime groups is 1. The van der Waals surface area contributed by atoms with Crippen LogP contribution in [0.3, 0.4) is 0 Å². The Bertz CT molecular complexity index is 549. The molecule has 0 unspecified atom stereocenters. The lowest BCUT2D eigenvalue weighted by Crippen LogP contribution is -1.89. The van der Waals surface area contributed by atoms with E-state index in [0.717, 1.165) is 12.0 Å². The second-order valence-corrected chi connectivity index (χ2v) is 4.23.